The molecule has 3 nitrogen and oxygen atoms in total. The molecule has 0 aliphatic rings. The maximum Gasteiger partial charge on any atom is 0.165 e. The molecular formula is C15H13FN2O. The number of benzene rings is 2. The van der Waals surface area contributed by atoms with E-state index in [9.17, 15) is 4.39 Å². The van der Waals surface area contributed by atoms with E-state index in [1.54, 1.807) is 24.3 Å². The lowest BCUT2D eigenvalue weighted by molar-refractivity contribution is 0.387. The van der Waals surface area contributed by atoms with Crippen molar-refractivity contribution in [3.05, 3.63) is 53.3 Å². The number of hydrogen-bond donors (Lipinski definition) is 1. The van der Waals surface area contributed by atoms with E-state index < -0.39 is 5.82 Å². The van der Waals surface area contributed by atoms with Gasteiger partial charge in [0, 0.05) is 17.4 Å². The zero-order valence-electron chi connectivity index (χ0n) is 10.7. The van der Waals surface area contributed by atoms with Gasteiger partial charge >= 0.3 is 0 Å². The van der Waals surface area contributed by atoms with Gasteiger partial charge in [0.15, 0.2) is 11.6 Å². The summed E-state index contributed by atoms with van der Waals surface area (Å²) in [6.45, 7) is 1.87. The number of nitriles is 1. The standard InChI is InChI=1S/C15H13FN2O/c1-10-7-12(4-3-11(10)9-17)18-13-5-6-14(16)15(8-13)19-2/h3-8,18H,1-2H3. The molecule has 2 aromatic carbocycles. The van der Waals surface area contributed by atoms with Gasteiger partial charge in [-0.05, 0) is 42.8 Å². The fourth-order valence-corrected chi connectivity index (χ4v) is 1.77. The molecule has 19 heavy (non-hydrogen) atoms. The molecule has 96 valence electrons. The first-order chi connectivity index (χ1) is 9.13. The number of halogens is 1. The Morgan fingerprint density at radius 1 is 1.16 bits per heavy atom. The van der Waals surface area contributed by atoms with Crippen LogP contribution in [0.1, 0.15) is 11.1 Å². The first-order valence-corrected chi connectivity index (χ1v) is 5.75. The molecule has 0 atom stereocenters. The van der Waals surface area contributed by atoms with Crippen LogP contribution in [-0.4, -0.2) is 7.11 Å². The van der Waals surface area contributed by atoms with Crippen LogP contribution in [0.25, 0.3) is 0 Å². The van der Waals surface area contributed by atoms with Gasteiger partial charge in [0.05, 0.1) is 18.7 Å². The highest BCUT2D eigenvalue weighted by Crippen LogP contribution is 2.25. The average Bonchev–Trinajstić information content (AvgIpc) is 2.41. The third kappa shape index (κ3) is 2.83. The van der Waals surface area contributed by atoms with Crippen molar-refractivity contribution < 1.29 is 9.13 Å². The van der Waals surface area contributed by atoms with Crippen LogP contribution in [0.2, 0.25) is 0 Å². The van der Waals surface area contributed by atoms with Gasteiger partial charge in [-0.1, -0.05) is 0 Å². The predicted molar refractivity (Wildman–Crippen MR) is 72.1 cm³/mol. The highest BCUT2D eigenvalue weighted by molar-refractivity contribution is 5.63. The Balaban J connectivity index is 2.26. The third-order valence-corrected chi connectivity index (χ3v) is 2.79. The van der Waals surface area contributed by atoms with Gasteiger partial charge in [0.25, 0.3) is 0 Å². The van der Waals surface area contributed by atoms with Crippen LogP contribution in [0.4, 0.5) is 15.8 Å². The van der Waals surface area contributed by atoms with Crippen molar-refractivity contribution in [3.8, 4) is 11.8 Å². The summed E-state index contributed by atoms with van der Waals surface area (Å²) in [6, 6.07) is 12.1. The van der Waals surface area contributed by atoms with E-state index >= 15 is 0 Å². The third-order valence-electron chi connectivity index (χ3n) is 2.79. The van der Waals surface area contributed by atoms with E-state index in [0.29, 0.717) is 5.56 Å². The van der Waals surface area contributed by atoms with Crippen LogP contribution in [0.5, 0.6) is 5.75 Å². The highest BCUT2D eigenvalue weighted by atomic mass is 19.1. The average molecular weight is 256 g/mol. The number of nitrogens with one attached hydrogen (secondary N) is 1. The summed E-state index contributed by atoms with van der Waals surface area (Å²) >= 11 is 0. The quantitative estimate of drug-likeness (QED) is 0.909. The fourth-order valence-electron chi connectivity index (χ4n) is 1.77. The summed E-state index contributed by atoms with van der Waals surface area (Å²) in [5, 5.41) is 12.0. The minimum atomic E-state index is -0.399. The Morgan fingerprint density at radius 3 is 2.47 bits per heavy atom. The Morgan fingerprint density at radius 2 is 1.84 bits per heavy atom. The second-order valence-corrected chi connectivity index (χ2v) is 4.12. The molecule has 4 heteroatoms. The van der Waals surface area contributed by atoms with Gasteiger partial charge in [0.1, 0.15) is 0 Å². The molecule has 0 bridgehead atoms. The molecule has 0 aliphatic heterocycles. The lowest BCUT2D eigenvalue weighted by Gasteiger charge is -2.10. The lowest BCUT2D eigenvalue weighted by Crippen LogP contribution is -1.94. The molecule has 0 spiro atoms. The summed E-state index contributed by atoms with van der Waals surface area (Å²) in [7, 11) is 1.42. The van der Waals surface area contributed by atoms with E-state index in [0.717, 1.165) is 16.9 Å². The van der Waals surface area contributed by atoms with Gasteiger partial charge in [0.2, 0.25) is 0 Å². The zero-order chi connectivity index (χ0) is 13.8. The Hall–Kier alpha value is -2.54. The summed E-state index contributed by atoms with van der Waals surface area (Å²) in [6.07, 6.45) is 0. The Bertz CT molecular complexity index is 638. The highest BCUT2D eigenvalue weighted by Gasteiger charge is 2.04. The van der Waals surface area contributed by atoms with Gasteiger partial charge < -0.3 is 10.1 Å². The lowest BCUT2D eigenvalue weighted by atomic mass is 10.1. The molecule has 0 fully saturated rings. The minimum Gasteiger partial charge on any atom is -0.494 e. The van der Waals surface area contributed by atoms with E-state index in [4.69, 9.17) is 10.00 Å². The molecule has 2 aromatic rings. The Kier molecular flexibility index (Phi) is 3.67. The molecule has 0 unspecified atom stereocenters. The van der Waals surface area contributed by atoms with E-state index in [1.807, 2.05) is 13.0 Å². The number of ether oxygens (including phenoxy) is 1. The largest absolute Gasteiger partial charge is 0.494 e. The molecule has 0 heterocycles. The van der Waals surface area contributed by atoms with Gasteiger partial charge in [-0.3, -0.25) is 0 Å². The molecule has 1 N–H and O–H groups in total. The first kappa shape index (κ1) is 12.9. The number of hydrogen-bond acceptors (Lipinski definition) is 3. The zero-order valence-corrected chi connectivity index (χ0v) is 10.7. The monoisotopic (exact) mass is 256 g/mol. The van der Waals surface area contributed by atoms with Crippen LogP contribution >= 0.6 is 0 Å². The SMILES string of the molecule is COc1cc(Nc2ccc(C#N)c(C)c2)ccc1F. The van der Waals surface area contributed by atoms with Crippen LogP contribution in [-0.2, 0) is 0 Å². The molecule has 0 saturated heterocycles. The maximum absolute atomic E-state index is 13.3. The second-order valence-electron chi connectivity index (χ2n) is 4.12. The molecule has 0 amide bonds. The Labute approximate surface area is 111 Å². The van der Waals surface area contributed by atoms with Crippen molar-refractivity contribution in [3.63, 3.8) is 0 Å². The normalized spacial score (nSPS) is 9.79. The van der Waals surface area contributed by atoms with Crippen molar-refractivity contribution in [1.29, 1.82) is 5.26 Å². The van der Waals surface area contributed by atoms with Crippen LogP contribution in [0, 0.1) is 24.1 Å². The molecule has 0 aromatic heterocycles. The van der Waals surface area contributed by atoms with Crippen molar-refractivity contribution in [2.45, 2.75) is 6.92 Å². The summed E-state index contributed by atoms with van der Waals surface area (Å²) in [4.78, 5) is 0. The summed E-state index contributed by atoms with van der Waals surface area (Å²) < 4.78 is 18.2. The molecule has 0 aliphatic carbocycles. The van der Waals surface area contributed by atoms with Gasteiger partial charge in [-0.15, -0.1) is 0 Å². The predicted octanol–water partition coefficient (Wildman–Crippen LogP) is 3.76. The van der Waals surface area contributed by atoms with E-state index in [2.05, 4.69) is 11.4 Å². The number of aryl methyl sites for hydroxylation is 1. The second kappa shape index (κ2) is 5.40. The van der Waals surface area contributed by atoms with E-state index in [-0.39, 0.29) is 5.75 Å². The number of nitrogens with zero attached hydrogens (tertiary/aromatic N) is 1. The number of anilines is 2. The molecule has 0 radical (unpaired) electrons. The first-order valence-electron chi connectivity index (χ1n) is 5.75. The topological polar surface area (TPSA) is 45.0 Å². The van der Waals surface area contributed by atoms with Crippen LogP contribution < -0.4 is 10.1 Å². The van der Waals surface area contributed by atoms with Gasteiger partial charge in [-0.25, -0.2) is 4.39 Å². The van der Waals surface area contributed by atoms with Crippen molar-refractivity contribution in [2.24, 2.45) is 0 Å². The van der Waals surface area contributed by atoms with Crippen molar-refractivity contribution in [2.75, 3.05) is 12.4 Å². The van der Waals surface area contributed by atoms with Crippen molar-refractivity contribution >= 4 is 11.4 Å². The number of rotatable bonds is 3. The fraction of sp³-hybridized carbons (Fsp3) is 0.133. The van der Waals surface area contributed by atoms with Gasteiger partial charge in [-0.2, -0.15) is 5.26 Å². The smallest absolute Gasteiger partial charge is 0.165 e. The number of methoxy groups -OCH3 is 1. The molecular weight excluding hydrogens is 243 g/mol. The van der Waals surface area contributed by atoms with Crippen LogP contribution in [0.15, 0.2) is 36.4 Å². The summed E-state index contributed by atoms with van der Waals surface area (Å²) in [5.74, 6) is -0.209. The van der Waals surface area contributed by atoms with E-state index in [1.165, 1.54) is 13.2 Å². The molecule has 0 saturated carbocycles. The van der Waals surface area contributed by atoms with Crippen molar-refractivity contribution in [1.82, 2.24) is 0 Å². The summed E-state index contributed by atoms with van der Waals surface area (Å²) in [5.41, 5.74) is 3.09. The minimum absolute atomic E-state index is 0.190. The maximum atomic E-state index is 13.3. The van der Waals surface area contributed by atoms with Crippen LogP contribution in [0.3, 0.4) is 0 Å². The molecule has 2 rings (SSSR count).